The van der Waals surface area contributed by atoms with E-state index in [9.17, 15) is 24.0 Å². The molecular formula is C44H57N9O8. The van der Waals surface area contributed by atoms with E-state index in [1.165, 1.54) is 24.0 Å². The van der Waals surface area contributed by atoms with Crippen molar-refractivity contribution in [3.8, 4) is 33.6 Å². The monoisotopic (exact) mass is 839 g/mol. The van der Waals surface area contributed by atoms with E-state index in [1.807, 2.05) is 76.2 Å². The zero-order valence-electron chi connectivity index (χ0n) is 36.3. The quantitative estimate of drug-likeness (QED) is 0.119. The number of imidazole rings is 2. The number of aromatic nitrogens is 4. The van der Waals surface area contributed by atoms with Crippen molar-refractivity contribution in [2.75, 3.05) is 34.0 Å². The number of rotatable bonds is 11. The molecule has 17 nitrogen and oxygen atoms in total. The number of hydrogen-bond donors (Lipinski definition) is 4. The molecule has 6 rings (SSSR count). The molecule has 2 fully saturated rings. The number of amides is 5. The Labute approximate surface area is 355 Å². The van der Waals surface area contributed by atoms with Gasteiger partial charge in [-0.3, -0.25) is 14.5 Å². The minimum absolute atomic E-state index is 0.0494. The van der Waals surface area contributed by atoms with Crippen LogP contribution < -0.4 is 10.6 Å². The molecule has 2 saturated heterocycles. The lowest BCUT2D eigenvalue weighted by atomic mass is 10.0. The van der Waals surface area contributed by atoms with Gasteiger partial charge in [-0.25, -0.2) is 24.4 Å². The zero-order valence-corrected chi connectivity index (χ0v) is 36.3. The van der Waals surface area contributed by atoms with Crippen LogP contribution in [-0.2, 0) is 23.8 Å². The fourth-order valence-corrected chi connectivity index (χ4v) is 7.62. The van der Waals surface area contributed by atoms with Crippen molar-refractivity contribution in [3.63, 3.8) is 0 Å². The number of likely N-dealkylation sites (tertiary alicyclic amines) is 1. The largest absolute Gasteiger partial charge is 0.453 e. The first-order valence-electron chi connectivity index (χ1n) is 20.6. The number of carbonyl (C=O) groups excluding carboxylic acids is 5. The maximum atomic E-state index is 14.0. The number of alkyl carbamates (subject to hydrolysis) is 2. The Morgan fingerprint density at radius 2 is 1.13 bits per heavy atom. The minimum atomic E-state index is -0.899. The summed E-state index contributed by atoms with van der Waals surface area (Å²) in [4.78, 5) is 85.8. The standard InChI is InChI=1S/C44H57N9O8/c1-25(2)35(49-41(56)59-8)39(54)52-20-10-11-33(52)37-45-21-31(47-37)29-16-12-27(13-17-29)28-14-18-30(19-15-28)32-22-46-38(48-32)34-23-51(43(58)61-44(5,6)7)24-53(34)40(55)36(26(3)4)50-42(57)60-9/h12-19,21-22,25-26,33-36H,10-11,20,23-24H2,1-9H3,(H,45,47)(H,46,48)(H,49,56)(H,50,57). The van der Waals surface area contributed by atoms with Gasteiger partial charge in [0.05, 0.1) is 57.3 Å². The fraction of sp³-hybridized carbons (Fsp3) is 0.477. The SMILES string of the molecule is COC(=O)NC(C(=O)N1CCCC1c1ncc(-c2ccc(-c3ccc(-c4cnc(C5CN(C(=O)OC(C)(C)C)CN5C(=O)C(NC(=O)OC)C(C)C)[nH]4)cc3)cc2)[nH]1)C(C)C. The Bertz CT molecular complexity index is 2190. The first-order valence-corrected chi connectivity index (χ1v) is 20.6. The van der Waals surface area contributed by atoms with E-state index in [4.69, 9.17) is 14.2 Å². The molecule has 61 heavy (non-hydrogen) atoms. The third-order valence-corrected chi connectivity index (χ3v) is 10.9. The summed E-state index contributed by atoms with van der Waals surface area (Å²) in [5, 5.41) is 5.33. The summed E-state index contributed by atoms with van der Waals surface area (Å²) < 4.78 is 15.2. The van der Waals surface area contributed by atoms with E-state index >= 15 is 0 Å². The summed E-state index contributed by atoms with van der Waals surface area (Å²) >= 11 is 0. The van der Waals surface area contributed by atoms with Crippen LogP contribution in [-0.4, -0.2) is 116 Å². The molecule has 2 aliphatic heterocycles. The van der Waals surface area contributed by atoms with Gasteiger partial charge in [0.15, 0.2) is 0 Å². The summed E-state index contributed by atoms with van der Waals surface area (Å²) in [5.41, 5.74) is 4.64. The van der Waals surface area contributed by atoms with Crippen LogP contribution >= 0.6 is 0 Å². The second-order valence-electron chi connectivity index (χ2n) is 17.1. The minimum Gasteiger partial charge on any atom is -0.453 e. The Hall–Kier alpha value is -6.39. The molecule has 0 spiro atoms. The lowest BCUT2D eigenvalue weighted by molar-refractivity contribution is -0.136. The van der Waals surface area contributed by atoms with Crippen LogP contribution in [0.2, 0.25) is 0 Å². The molecule has 4 heterocycles. The van der Waals surface area contributed by atoms with Gasteiger partial charge in [-0.15, -0.1) is 0 Å². The number of benzene rings is 2. The van der Waals surface area contributed by atoms with Gasteiger partial charge in [-0.05, 0) is 67.7 Å². The normalized spacial score (nSPS) is 17.7. The Kier molecular flexibility index (Phi) is 13.4. The van der Waals surface area contributed by atoms with E-state index in [1.54, 1.807) is 38.1 Å². The molecule has 4 unspecified atom stereocenters. The van der Waals surface area contributed by atoms with Crippen molar-refractivity contribution in [1.29, 1.82) is 0 Å². The number of nitrogens with one attached hydrogen (secondary N) is 4. The van der Waals surface area contributed by atoms with Crippen molar-refractivity contribution < 1.29 is 38.2 Å². The molecule has 326 valence electrons. The number of hydrogen-bond acceptors (Lipinski definition) is 10. The predicted octanol–water partition coefficient (Wildman–Crippen LogP) is 6.64. The highest BCUT2D eigenvalue weighted by Gasteiger charge is 2.43. The summed E-state index contributed by atoms with van der Waals surface area (Å²) in [7, 11) is 2.52. The molecule has 0 saturated carbocycles. The van der Waals surface area contributed by atoms with Gasteiger partial charge < -0.3 is 44.6 Å². The number of ether oxygens (including phenoxy) is 3. The van der Waals surface area contributed by atoms with Gasteiger partial charge in [-0.2, -0.15) is 0 Å². The molecule has 0 radical (unpaired) electrons. The molecule has 17 heteroatoms. The lowest BCUT2D eigenvalue weighted by Crippen LogP contribution is -2.51. The predicted molar refractivity (Wildman–Crippen MR) is 226 cm³/mol. The molecule has 4 aromatic rings. The summed E-state index contributed by atoms with van der Waals surface area (Å²) in [6, 6.07) is 13.7. The molecule has 4 N–H and O–H groups in total. The van der Waals surface area contributed by atoms with Crippen LogP contribution in [0.1, 0.15) is 85.0 Å². The fourth-order valence-electron chi connectivity index (χ4n) is 7.62. The van der Waals surface area contributed by atoms with E-state index in [0.29, 0.717) is 18.2 Å². The average Bonchev–Trinajstić information content (AvgIpc) is 4.07. The Morgan fingerprint density at radius 3 is 1.57 bits per heavy atom. The van der Waals surface area contributed by atoms with Gasteiger partial charge >= 0.3 is 18.3 Å². The summed E-state index contributed by atoms with van der Waals surface area (Å²) in [5.74, 6) is 0.261. The highest BCUT2D eigenvalue weighted by atomic mass is 16.6. The zero-order chi connectivity index (χ0) is 44.2. The number of aromatic amines is 2. The maximum absolute atomic E-state index is 14.0. The van der Waals surface area contributed by atoms with Crippen LogP contribution in [0.3, 0.4) is 0 Å². The van der Waals surface area contributed by atoms with Crippen LogP contribution in [0, 0.1) is 11.8 Å². The average molecular weight is 840 g/mol. The van der Waals surface area contributed by atoms with Gasteiger partial charge in [0.1, 0.15) is 35.4 Å². The van der Waals surface area contributed by atoms with Crippen LogP contribution in [0.25, 0.3) is 33.6 Å². The van der Waals surface area contributed by atoms with Crippen molar-refractivity contribution in [1.82, 2.24) is 45.3 Å². The lowest BCUT2D eigenvalue weighted by Gasteiger charge is -2.30. The highest BCUT2D eigenvalue weighted by Crippen LogP contribution is 2.34. The van der Waals surface area contributed by atoms with Crippen LogP contribution in [0.5, 0.6) is 0 Å². The van der Waals surface area contributed by atoms with Crippen molar-refractivity contribution in [2.24, 2.45) is 11.8 Å². The molecule has 5 amide bonds. The smallest absolute Gasteiger partial charge is 0.411 e. The van der Waals surface area contributed by atoms with Gasteiger partial charge in [0.2, 0.25) is 11.8 Å². The molecular weight excluding hydrogens is 783 g/mol. The molecule has 0 aliphatic carbocycles. The third-order valence-electron chi connectivity index (χ3n) is 10.9. The highest BCUT2D eigenvalue weighted by molar-refractivity contribution is 5.87. The first-order chi connectivity index (χ1) is 29.0. The number of nitrogens with zero attached hydrogens (tertiary/aromatic N) is 5. The molecule has 0 bridgehead atoms. The van der Waals surface area contributed by atoms with Crippen molar-refractivity contribution in [2.45, 2.75) is 91.1 Å². The number of H-pyrrole nitrogens is 2. The van der Waals surface area contributed by atoms with E-state index < -0.39 is 42.0 Å². The van der Waals surface area contributed by atoms with E-state index in [2.05, 4.69) is 30.6 Å². The van der Waals surface area contributed by atoms with Gasteiger partial charge in [-0.1, -0.05) is 76.2 Å². The second-order valence-corrected chi connectivity index (χ2v) is 17.1. The van der Waals surface area contributed by atoms with Crippen molar-refractivity contribution >= 4 is 30.1 Å². The van der Waals surface area contributed by atoms with E-state index in [0.717, 1.165) is 46.5 Å². The number of methoxy groups -OCH3 is 2. The summed E-state index contributed by atoms with van der Waals surface area (Å²) in [6.07, 6.45) is 3.15. The van der Waals surface area contributed by atoms with Crippen LogP contribution in [0.15, 0.2) is 60.9 Å². The number of carbonyl (C=O) groups is 5. The third kappa shape index (κ3) is 10.2. The van der Waals surface area contributed by atoms with Gasteiger partial charge in [0, 0.05) is 6.54 Å². The van der Waals surface area contributed by atoms with Crippen LogP contribution in [0.4, 0.5) is 14.4 Å². The molecule has 2 aliphatic rings. The molecule has 4 atom stereocenters. The topological polar surface area (TPSA) is 204 Å². The Balaban J connectivity index is 1.15. The second kappa shape index (κ2) is 18.5. The Morgan fingerprint density at radius 1 is 0.689 bits per heavy atom. The van der Waals surface area contributed by atoms with E-state index in [-0.39, 0.29) is 42.9 Å². The molecule has 2 aromatic heterocycles. The first kappa shape index (κ1) is 44.2. The maximum Gasteiger partial charge on any atom is 0.411 e. The van der Waals surface area contributed by atoms with Gasteiger partial charge in [0.25, 0.3) is 0 Å². The molecule has 2 aromatic carbocycles. The van der Waals surface area contributed by atoms with Crippen molar-refractivity contribution in [3.05, 3.63) is 72.6 Å². The summed E-state index contributed by atoms with van der Waals surface area (Å²) in [6.45, 7) is 13.4.